The summed E-state index contributed by atoms with van der Waals surface area (Å²) < 4.78 is 15.2. The summed E-state index contributed by atoms with van der Waals surface area (Å²) in [4.78, 5) is 48.3. The molecule has 0 saturated carbocycles. The lowest BCUT2D eigenvalue weighted by Gasteiger charge is -2.15. The Kier molecular flexibility index (Phi) is 8.42. The molecular formula is C21H21NO7S. The van der Waals surface area contributed by atoms with Gasteiger partial charge in [0, 0.05) is 12.7 Å². The molecule has 30 heavy (non-hydrogen) atoms. The number of rotatable bonds is 8. The predicted octanol–water partition coefficient (Wildman–Crippen LogP) is 2.47. The number of carbonyl (C=O) groups is 4. The molecule has 0 radical (unpaired) electrons. The second-order valence-electron chi connectivity index (χ2n) is 5.96. The van der Waals surface area contributed by atoms with Gasteiger partial charge in [-0.25, -0.2) is 9.59 Å². The van der Waals surface area contributed by atoms with E-state index in [9.17, 15) is 19.2 Å². The van der Waals surface area contributed by atoms with Crippen LogP contribution in [0.3, 0.4) is 0 Å². The number of thioether (sulfide) groups is 1. The Balaban J connectivity index is 2.15. The molecule has 1 atom stereocenters. The summed E-state index contributed by atoms with van der Waals surface area (Å²) >= 11 is 0.798. The number of carbonyl (C=O) groups excluding carboxylic acids is 4. The van der Waals surface area contributed by atoms with Crippen molar-refractivity contribution in [1.29, 1.82) is 0 Å². The first-order valence-corrected chi connectivity index (χ1v) is 9.82. The second kappa shape index (κ2) is 11.0. The summed E-state index contributed by atoms with van der Waals surface area (Å²) in [5, 5.41) is 2.00. The molecular weight excluding hydrogens is 410 g/mol. The van der Waals surface area contributed by atoms with Gasteiger partial charge in [-0.05, 0) is 24.3 Å². The molecule has 1 unspecified atom stereocenters. The van der Waals surface area contributed by atoms with E-state index in [1.165, 1.54) is 33.3 Å². The highest BCUT2D eigenvalue weighted by molar-refractivity contribution is 8.14. The molecule has 1 amide bonds. The quantitative estimate of drug-likeness (QED) is 0.502. The maximum Gasteiger partial charge on any atom is 0.347 e. The number of amides is 1. The molecule has 0 saturated heterocycles. The van der Waals surface area contributed by atoms with Crippen molar-refractivity contribution in [2.24, 2.45) is 0 Å². The number of benzene rings is 2. The van der Waals surface area contributed by atoms with E-state index in [4.69, 9.17) is 9.47 Å². The van der Waals surface area contributed by atoms with Crippen LogP contribution in [-0.2, 0) is 14.3 Å². The van der Waals surface area contributed by atoms with Gasteiger partial charge in [-0.15, -0.1) is 0 Å². The van der Waals surface area contributed by atoms with Crippen LogP contribution in [0.2, 0.25) is 0 Å². The van der Waals surface area contributed by atoms with Gasteiger partial charge in [-0.2, -0.15) is 0 Å². The number of hydrogen-bond acceptors (Lipinski definition) is 8. The van der Waals surface area contributed by atoms with Gasteiger partial charge in [0.1, 0.15) is 23.1 Å². The van der Waals surface area contributed by atoms with Gasteiger partial charge in [-0.3, -0.25) is 9.59 Å². The van der Waals surface area contributed by atoms with Crippen molar-refractivity contribution in [1.82, 2.24) is 5.32 Å². The average Bonchev–Trinajstić information content (AvgIpc) is 2.75. The van der Waals surface area contributed by atoms with Crippen molar-refractivity contribution < 1.29 is 33.4 Å². The molecule has 0 spiro atoms. The van der Waals surface area contributed by atoms with Crippen LogP contribution >= 0.6 is 11.8 Å². The van der Waals surface area contributed by atoms with Crippen molar-refractivity contribution in [3.8, 4) is 11.5 Å². The van der Waals surface area contributed by atoms with Crippen LogP contribution < -0.4 is 14.8 Å². The average molecular weight is 431 g/mol. The Morgan fingerprint density at radius 2 is 1.53 bits per heavy atom. The van der Waals surface area contributed by atoms with Gasteiger partial charge < -0.3 is 19.5 Å². The fourth-order valence-corrected chi connectivity index (χ4v) is 3.35. The molecule has 0 aliphatic rings. The van der Waals surface area contributed by atoms with Gasteiger partial charge in [0.2, 0.25) is 11.0 Å². The van der Waals surface area contributed by atoms with Crippen molar-refractivity contribution in [2.75, 3.05) is 20.0 Å². The third-order valence-corrected chi connectivity index (χ3v) is 4.86. The van der Waals surface area contributed by atoms with E-state index in [1.54, 1.807) is 36.4 Å². The van der Waals surface area contributed by atoms with Crippen LogP contribution in [0.15, 0.2) is 48.5 Å². The highest BCUT2D eigenvalue weighted by atomic mass is 32.2. The van der Waals surface area contributed by atoms with Crippen molar-refractivity contribution >= 4 is 34.7 Å². The van der Waals surface area contributed by atoms with Gasteiger partial charge in [0.15, 0.2) is 0 Å². The van der Waals surface area contributed by atoms with Crippen molar-refractivity contribution in [2.45, 2.75) is 13.0 Å². The lowest BCUT2D eigenvalue weighted by Crippen LogP contribution is -2.42. The van der Waals surface area contributed by atoms with E-state index in [0.29, 0.717) is 5.75 Å². The van der Waals surface area contributed by atoms with Crippen LogP contribution in [0.4, 0.5) is 0 Å². The number of methoxy groups -OCH3 is 2. The van der Waals surface area contributed by atoms with Crippen LogP contribution in [0, 0.1) is 0 Å². The summed E-state index contributed by atoms with van der Waals surface area (Å²) in [5.41, 5.74) is 0.364. The molecule has 2 aromatic carbocycles. The zero-order chi connectivity index (χ0) is 22.1. The van der Waals surface area contributed by atoms with Crippen LogP contribution in [0.1, 0.15) is 27.6 Å². The van der Waals surface area contributed by atoms with E-state index < -0.39 is 29.0 Å². The minimum atomic E-state index is -0.982. The minimum absolute atomic E-state index is 0.0418. The van der Waals surface area contributed by atoms with Gasteiger partial charge in [0.05, 0.1) is 19.8 Å². The maximum atomic E-state index is 12.7. The molecule has 0 heterocycles. The normalized spacial score (nSPS) is 11.2. The Labute approximate surface area is 177 Å². The van der Waals surface area contributed by atoms with Crippen LogP contribution in [0.5, 0.6) is 11.5 Å². The molecule has 0 aliphatic heterocycles. The monoisotopic (exact) mass is 431 g/mol. The number of para-hydroxylation sites is 2. The molecule has 9 heteroatoms. The second-order valence-corrected chi connectivity index (χ2v) is 6.95. The first-order chi connectivity index (χ1) is 14.4. The van der Waals surface area contributed by atoms with E-state index in [0.717, 1.165) is 11.8 Å². The molecule has 0 bridgehead atoms. The van der Waals surface area contributed by atoms with Crippen molar-refractivity contribution in [3.63, 3.8) is 0 Å². The first kappa shape index (κ1) is 23.0. The van der Waals surface area contributed by atoms with Gasteiger partial charge >= 0.3 is 11.9 Å². The van der Waals surface area contributed by atoms with E-state index in [-0.39, 0.29) is 22.6 Å². The molecule has 0 fully saturated rings. The Hall–Kier alpha value is -3.33. The fourth-order valence-electron chi connectivity index (χ4n) is 2.49. The topological polar surface area (TPSA) is 108 Å². The first-order valence-electron chi connectivity index (χ1n) is 8.83. The Morgan fingerprint density at radius 1 is 0.933 bits per heavy atom. The van der Waals surface area contributed by atoms with E-state index in [2.05, 4.69) is 10.1 Å². The Bertz CT molecular complexity index is 944. The highest BCUT2D eigenvalue weighted by Gasteiger charge is 2.24. The van der Waals surface area contributed by atoms with Gasteiger partial charge in [-0.1, -0.05) is 36.0 Å². The van der Waals surface area contributed by atoms with Crippen LogP contribution in [-0.4, -0.2) is 49.0 Å². The van der Waals surface area contributed by atoms with Crippen LogP contribution in [0.25, 0.3) is 0 Å². The summed E-state index contributed by atoms with van der Waals surface area (Å²) in [7, 11) is 2.63. The van der Waals surface area contributed by atoms with Gasteiger partial charge in [0.25, 0.3) is 0 Å². The summed E-state index contributed by atoms with van der Waals surface area (Å²) in [6.45, 7) is 1.26. The Morgan fingerprint density at radius 3 is 2.13 bits per heavy atom. The number of ether oxygens (including phenoxy) is 3. The maximum absolute atomic E-state index is 12.7. The van der Waals surface area contributed by atoms with Crippen molar-refractivity contribution in [3.05, 3.63) is 59.7 Å². The molecule has 0 aliphatic carbocycles. The molecule has 1 N–H and O–H groups in total. The fraction of sp³-hybridized carbons (Fsp3) is 0.238. The molecule has 8 nitrogen and oxygen atoms in total. The smallest absolute Gasteiger partial charge is 0.347 e. The molecule has 158 valence electrons. The summed E-state index contributed by atoms with van der Waals surface area (Å²) in [6, 6.07) is 11.8. The molecule has 2 aromatic rings. The number of hydrogen-bond donors (Lipinski definition) is 1. The third kappa shape index (κ3) is 6.08. The SMILES string of the molecule is COC(=O)C(CSC(=O)c1ccccc1OC(=O)c1ccccc1OC)NC(C)=O. The zero-order valence-electron chi connectivity index (χ0n) is 16.7. The third-order valence-electron chi connectivity index (χ3n) is 3.88. The predicted molar refractivity (Wildman–Crippen MR) is 111 cm³/mol. The summed E-state index contributed by atoms with van der Waals surface area (Å²) in [5.74, 6) is -1.40. The van der Waals surface area contributed by atoms with E-state index >= 15 is 0 Å². The number of nitrogens with one attached hydrogen (secondary N) is 1. The number of esters is 2. The lowest BCUT2D eigenvalue weighted by molar-refractivity contribution is -0.144. The largest absolute Gasteiger partial charge is 0.496 e. The zero-order valence-corrected chi connectivity index (χ0v) is 17.5. The lowest BCUT2D eigenvalue weighted by atomic mass is 10.2. The molecule has 2 rings (SSSR count). The minimum Gasteiger partial charge on any atom is -0.496 e. The standard InChI is InChI=1S/C21H21NO7S/c1-13(23)22-16(20(25)28-3)12-30-21(26)15-9-5-7-11-18(15)29-19(24)14-8-4-6-10-17(14)27-2/h4-11,16H,12H2,1-3H3,(H,22,23). The summed E-state index contributed by atoms with van der Waals surface area (Å²) in [6.07, 6.45) is 0. The molecule has 0 aromatic heterocycles. The van der Waals surface area contributed by atoms with E-state index in [1.807, 2.05) is 0 Å². The highest BCUT2D eigenvalue weighted by Crippen LogP contribution is 2.26.